The van der Waals surface area contributed by atoms with E-state index < -0.39 is 0 Å². The Labute approximate surface area is 82.1 Å². The Bertz CT molecular complexity index is 301. The molecule has 1 aliphatic rings. The summed E-state index contributed by atoms with van der Waals surface area (Å²) in [5.41, 5.74) is 10.8. The molecular formula is C8H14N6. The highest BCUT2D eigenvalue weighted by Crippen LogP contribution is 2.31. The first-order valence-electron chi connectivity index (χ1n) is 4.75. The molecule has 0 spiro atoms. The summed E-state index contributed by atoms with van der Waals surface area (Å²) in [7, 11) is 0. The van der Waals surface area contributed by atoms with Gasteiger partial charge in [-0.25, -0.2) is 0 Å². The minimum Gasteiger partial charge on any atom is -0.368 e. The van der Waals surface area contributed by atoms with Gasteiger partial charge in [-0.05, 0) is 12.3 Å². The fourth-order valence-electron chi connectivity index (χ4n) is 1.28. The molecule has 0 amide bonds. The third kappa shape index (κ3) is 2.45. The van der Waals surface area contributed by atoms with Gasteiger partial charge in [0, 0.05) is 6.54 Å². The van der Waals surface area contributed by atoms with E-state index in [4.69, 9.17) is 11.5 Å². The lowest BCUT2D eigenvalue weighted by Crippen LogP contribution is -2.10. The number of rotatable bonds is 4. The van der Waals surface area contributed by atoms with E-state index in [1.807, 2.05) is 0 Å². The maximum atomic E-state index is 5.42. The molecule has 5 N–H and O–H groups in total. The summed E-state index contributed by atoms with van der Waals surface area (Å²) in [6.07, 6.45) is 3.86. The second-order valence-corrected chi connectivity index (χ2v) is 3.53. The lowest BCUT2D eigenvalue weighted by molar-refractivity contribution is 0.755. The van der Waals surface area contributed by atoms with Crippen molar-refractivity contribution in [3.8, 4) is 0 Å². The zero-order chi connectivity index (χ0) is 9.97. The van der Waals surface area contributed by atoms with E-state index in [1.54, 1.807) is 0 Å². The van der Waals surface area contributed by atoms with E-state index in [9.17, 15) is 0 Å². The zero-order valence-electron chi connectivity index (χ0n) is 7.90. The number of aromatic nitrogens is 3. The number of hydrogen-bond donors (Lipinski definition) is 3. The van der Waals surface area contributed by atoms with E-state index >= 15 is 0 Å². The fourth-order valence-corrected chi connectivity index (χ4v) is 1.28. The molecule has 0 aliphatic heterocycles. The van der Waals surface area contributed by atoms with E-state index in [-0.39, 0.29) is 11.9 Å². The molecule has 1 aliphatic carbocycles. The first-order chi connectivity index (χ1) is 6.74. The predicted octanol–water partition coefficient (Wildman–Crippen LogP) is 0.248. The minimum atomic E-state index is 0.159. The first-order valence-corrected chi connectivity index (χ1v) is 4.75. The second kappa shape index (κ2) is 3.65. The van der Waals surface area contributed by atoms with E-state index in [1.165, 1.54) is 12.8 Å². The van der Waals surface area contributed by atoms with Gasteiger partial charge >= 0.3 is 0 Å². The number of nitrogens with one attached hydrogen (secondary N) is 1. The predicted molar refractivity (Wildman–Crippen MR) is 54.5 cm³/mol. The Hall–Kier alpha value is -1.59. The van der Waals surface area contributed by atoms with Crippen molar-refractivity contribution < 1.29 is 0 Å². The van der Waals surface area contributed by atoms with Crippen LogP contribution in [-0.2, 0) is 0 Å². The fraction of sp³-hybridized carbons (Fsp3) is 0.625. The molecule has 1 aromatic rings. The van der Waals surface area contributed by atoms with Gasteiger partial charge in [0.25, 0.3) is 0 Å². The Balaban J connectivity index is 1.87. The molecule has 0 radical (unpaired) electrons. The van der Waals surface area contributed by atoms with Crippen LogP contribution in [0.2, 0.25) is 0 Å². The smallest absolute Gasteiger partial charge is 0.229 e. The van der Waals surface area contributed by atoms with Gasteiger partial charge in [0.05, 0.1) is 0 Å². The van der Waals surface area contributed by atoms with Crippen LogP contribution in [-0.4, -0.2) is 21.5 Å². The van der Waals surface area contributed by atoms with Crippen LogP contribution in [0.5, 0.6) is 0 Å². The molecule has 76 valence electrons. The maximum Gasteiger partial charge on any atom is 0.229 e. The van der Waals surface area contributed by atoms with Crippen molar-refractivity contribution in [2.75, 3.05) is 23.3 Å². The number of nitrogen functional groups attached to an aromatic ring is 2. The number of hydrogen-bond acceptors (Lipinski definition) is 6. The van der Waals surface area contributed by atoms with Crippen molar-refractivity contribution in [3.05, 3.63) is 0 Å². The van der Waals surface area contributed by atoms with Gasteiger partial charge in [0.15, 0.2) is 0 Å². The Morgan fingerprint density at radius 1 is 1.14 bits per heavy atom. The number of anilines is 3. The number of nitrogens with zero attached hydrogens (tertiary/aromatic N) is 3. The van der Waals surface area contributed by atoms with Crippen molar-refractivity contribution >= 4 is 17.8 Å². The van der Waals surface area contributed by atoms with Crippen LogP contribution in [0.4, 0.5) is 17.8 Å². The highest BCUT2D eigenvalue weighted by atomic mass is 15.2. The zero-order valence-corrected chi connectivity index (χ0v) is 7.90. The van der Waals surface area contributed by atoms with Crippen LogP contribution >= 0.6 is 0 Å². The Kier molecular flexibility index (Phi) is 2.34. The third-order valence-electron chi connectivity index (χ3n) is 2.20. The molecule has 6 nitrogen and oxygen atoms in total. The van der Waals surface area contributed by atoms with Gasteiger partial charge in [-0.1, -0.05) is 12.8 Å². The van der Waals surface area contributed by atoms with Crippen molar-refractivity contribution in [1.82, 2.24) is 15.0 Å². The molecule has 1 saturated carbocycles. The second-order valence-electron chi connectivity index (χ2n) is 3.53. The third-order valence-corrected chi connectivity index (χ3v) is 2.20. The van der Waals surface area contributed by atoms with Crippen molar-refractivity contribution in [2.45, 2.75) is 19.3 Å². The van der Waals surface area contributed by atoms with Crippen LogP contribution < -0.4 is 16.8 Å². The monoisotopic (exact) mass is 194 g/mol. The SMILES string of the molecule is Nc1nc(N)nc(NCCC2CC2)n1. The van der Waals surface area contributed by atoms with Crippen LogP contribution in [0.3, 0.4) is 0 Å². The molecule has 0 bridgehead atoms. The molecule has 0 aromatic carbocycles. The van der Waals surface area contributed by atoms with Crippen LogP contribution in [0, 0.1) is 5.92 Å². The molecule has 14 heavy (non-hydrogen) atoms. The summed E-state index contributed by atoms with van der Waals surface area (Å²) in [6, 6.07) is 0. The summed E-state index contributed by atoms with van der Waals surface area (Å²) in [5, 5.41) is 3.08. The molecule has 1 aromatic heterocycles. The minimum absolute atomic E-state index is 0.159. The van der Waals surface area contributed by atoms with Gasteiger partial charge in [-0.3, -0.25) is 0 Å². The topological polar surface area (TPSA) is 103 Å². The average molecular weight is 194 g/mol. The standard InChI is InChI=1S/C8H14N6/c9-6-12-7(10)14-8(13-6)11-4-3-5-1-2-5/h5H,1-4H2,(H5,9,10,11,12,13,14). The van der Waals surface area contributed by atoms with Crippen molar-refractivity contribution in [1.29, 1.82) is 0 Å². The summed E-state index contributed by atoms with van der Waals surface area (Å²) in [5.74, 6) is 1.67. The quantitative estimate of drug-likeness (QED) is 0.634. The maximum absolute atomic E-state index is 5.42. The first kappa shape index (κ1) is 8.98. The average Bonchev–Trinajstić information content (AvgIpc) is 2.86. The van der Waals surface area contributed by atoms with Gasteiger partial charge < -0.3 is 16.8 Å². The molecule has 6 heteroatoms. The molecule has 0 saturated heterocycles. The molecular weight excluding hydrogens is 180 g/mol. The largest absolute Gasteiger partial charge is 0.368 e. The van der Waals surface area contributed by atoms with Gasteiger partial charge in [-0.15, -0.1) is 0 Å². The summed E-state index contributed by atoms with van der Waals surface area (Å²) in [6.45, 7) is 0.869. The Morgan fingerprint density at radius 2 is 1.79 bits per heavy atom. The number of nitrogens with two attached hydrogens (primary N) is 2. The highest BCUT2D eigenvalue weighted by molar-refractivity contribution is 5.36. The van der Waals surface area contributed by atoms with Gasteiger partial charge in [-0.2, -0.15) is 15.0 Å². The molecule has 0 unspecified atom stereocenters. The van der Waals surface area contributed by atoms with Gasteiger partial charge in [0.2, 0.25) is 17.8 Å². The molecule has 0 atom stereocenters. The van der Waals surface area contributed by atoms with Crippen LogP contribution in [0.15, 0.2) is 0 Å². The highest BCUT2D eigenvalue weighted by Gasteiger charge is 2.20. The van der Waals surface area contributed by atoms with Gasteiger partial charge in [0.1, 0.15) is 0 Å². The molecule has 2 rings (SSSR count). The lowest BCUT2D eigenvalue weighted by Gasteiger charge is -2.04. The summed E-state index contributed by atoms with van der Waals surface area (Å²) in [4.78, 5) is 11.5. The van der Waals surface area contributed by atoms with Crippen molar-refractivity contribution in [2.24, 2.45) is 5.92 Å². The lowest BCUT2D eigenvalue weighted by atomic mass is 10.3. The van der Waals surface area contributed by atoms with Crippen LogP contribution in [0.1, 0.15) is 19.3 Å². The normalized spacial score (nSPS) is 15.4. The molecule has 1 heterocycles. The summed E-state index contributed by atoms with van der Waals surface area (Å²) >= 11 is 0. The Morgan fingerprint density at radius 3 is 2.36 bits per heavy atom. The summed E-state index contributed by atoms with van der Waals surface area (Å²) < 4.78 is 0. The van der Waals surface area contributed by atoms with E-state index in [2.05, 4.69) is 20.3 Å². The van der Waals surface area contributed by atoms with Crippen molar-refractivity contribution in [3.63, 3.8) is 0 Å². The van der Waals surface area contributed by atoms with E-state index in [0.29, 0.717) is 5.95 Å². The molecule has 1 fully saturated rings. The van der Waals surface area contributed by atoms with Crippen LogP contribution in [0.25, 0.3) is 0 Å². The van der Waals surface area contributed by atoms with E-state index in [0.717, 1.165) is 18.9 Å².